The van der Waals surface area contributed by atoms with E-state index in [0.29, 0.717) is 11.8 Å². The quantitative estimate of drug-likeness (QED) is 0.711. The number of hydrogen-bond acceptors (Lipinski definition) is 3. The van der Waals surface area contributed by atoms with Gasteiger partial charge in [0.15, 0.2) is 9.84 Å². The molecule has 2 rings (SSSR count). The highest BCUT2D eigenvalue weighted by molar-refractivity contribution is 7.94. The van der Waals surface area contributed by atoms with E-state index >= 15 is 0 Å². The minimum Gasteiger partial charge on any atom is -0.224 e. The van der Waals surface area contributed by atoms with Crippen LogP contribution in [0.15, 0.2) is 11.5 Å². The summed E-state index contributed by atoms with van der Waals surface area (Å²) in [6.45, 7) is 0. The van der Waals surface area contributed by atoms with Crippen molar-refractivity contribution in [2.75, 3.05) is 0 Å². The van der Waals surface area contributed by atoms with Crippen LogP contribution in [-0.4, -0.2) is 13.7 Å². The Bertz CT molecular complexity index is 431. The monoisotopic (exact) mass is 253 g/mol. The van der Waals surface area contributed by atoms with E-state index in [1.807, 2.05) is 0 Å². The van der Waals surface area contributed by atoms with Gasteiger partial charge >= 0.3 is 0 Å². The molecular formula is C13H19NO2S. The van der Waals surface area contributed by atoms with E-state index in [4.69, 9.17) is 5.26 Å². The smallest absolute Gasteiger partial charge is 0.175 e. The molecule has 2 aliphatic rings. The summed E-state index contributed by atoms with van der Waals surface area (Å²) in [6.07, 6.45) is 8.75. The normalized spacial score (nSPS) is 34.2. The van der Waals surface area contributed by atoms with Crippen molar-refractivity contribution in [3.8, 4) is 6.07 Å². The molecule has 17 heavy (non-hydrogen) atoms. The summed E-state index contributed by atoms with van der Waals surface area (Å²) in [7, 11) is -3.22. The Balaban J connectivity index is 2.19. The van der Waals surface area contributed by atoms with Crippen LogP contribution in [0.1, 0.15) is 44.9 Å². The average molecular weight is 253 g/mol. The van der Waals surface area contributed by atoms with Crippen molar-refractivity contribution in [2.45, 2.75) is 50.2 Å². The van der Waals surface area contributed by atoms with Crippen molar-refractivity contribution in [3.63, 3.8) is 0 Å². The van der Waals surface area contributed by atoms with Crippen LogP contribution in [-0.2, 0) is 9.84 Å². The number of nitriles is 1. The molecule has 0 N–H and O–H groups in total. The van der Waals surface area contributed by atoms with Gasteiger partial charge in [0.05, 0.1) is 11.3 Å². The van der Waals surface area contributed by atoms with Crippen molar-refractivity contribution in [1.29, 1.82) is 5.26 Å². The van der Waals surface area contributed by atoms with E-state index in [-0.39, 0.29) is 5.25 Å². The van der Waals surface area contributed by atoms with Crippen molar-refractivity contribution in [3.05, 3.63) is 11.5 Å². The number of fused-ring (bicyclic) bond motifs is 1. The first-order valence-electron chi connectivity index (χ1n) is 6.45. The molecule has 0 aromatic heterocycles. The molecule has 94 valence electrons. The Morgan fingerprint density at radius 2 is 1.76 bits per heavy atom. The molecule has 2 saturated carbocycles. The van der Waals surface area contributed by atoms with Crippen LogP contribution in [0.3, 0.4) is 0 Å². The first-order chi connectivity index (χ1) is 8.15. The van der Waals surface area contributed by atoms with E-state index in [0.717, 1.165) is 37.2 Å². The van der Waals surface area contributed by atoms with Crippen molar-refractivity contribution < 1.29 is 8.42 Å². The molecular weight excluding hydrogens is 234 g/mol. The minimum absolute atomic E-state index is 0.230. The maximum atomic E-state index is 12.2. The zero-order valence-electron chi connectivity index (χ0n) is 10.0. The lowest BCUT2D eigenvalue weighted by atomic mass is 9.71. The average Bonchev–Trinajstić information content (AvgIpc) is 2.36. The maximum Gasteiger partial charge on any atom is 0.175 e. The Morgan fingerprint density at radius 3 is 2.53 bits per heavy atom. The summed E-state index contributed by atoms with van der Waals surface area (Å²) in [6, 6.07) is 1.78. The van der Waals surface area contributed by atoms with Gasteiger partial charge < -0.3 is 0 Å². The molecule has 3 atom stereocenters. The second kappa shape index (κ2) is 5.22. The Hall–Kier alpha value is -0.820. The van der Waals surface area contributed by atoms with Crippen LogP contribution >= 0.6 is 0 Å². The van der Waals surface area contributed by atoms with E-state index in [1.165, 1.54) is 19.3 Å². The van der Waals surface area contributed by atoms with Crippen LogP contribution in [0.2, 0.25) is 0 Å². The molecule has 4 heteroatoms. The highest BCUT2D eigenvalue weighted by Crippen LogP contribution is 2.43. The standard InChI is InChI=1S/C13H19NO2S/c14-9-4-10-17(15,16)13-8-3-6-11-5-1-2-7-12(11)13/h4,10-13H,1-3,5-8H2/b10-4+. The van der Waals surface area contributed by atoms with E-state index < -0.39 is 9.84 Å². The number of nitrogens with zero attached hydrogens (tertiary/aromatic N) is 1. The van der Waals surface area contributed by atoms with Gasteiger partial charge in [-0.15, -0.1) is 0 Å². The zero-order chi connectivity index (χ0) is 12.3. The predicted octanol–water partition coefficient (Wildman–Crippen LogP) is 2.80. The van der Waals surface area contributed by atoms with Gasteiger partial charge in [0.1, 0.15) is 0 Å². The molecule has 0 aromatic rings. The van der Waals surface area contributed by atoms with Gasteiger partial charge in [-0.05, 0) is 24.7 Å². The highest BCUT2D eigenvalue weighted by Gasteiger charge is 2.40. The summed E-state index contributed by atoms with van der Waals surface area (Å²) in [5.74, 6) is 0.943. The minimum atomic E-state index is -3.22. The Labute approximate surface area is 103 Å². The van der Waals surface area contributed by atoms with E-state index in [1.54, 1.807) is 6.07 Å². The molecule has 0 saturated heterocycles. The van der Waals surface area contributed by atoms with Gasteiger partial charge in [0, 0.05) is 11.5 Å². The summed E-state index contributed by atoms with van der Waals surface area (Å²) >= 11 is 0. The van der Waals surface area contributed by atoms with Gasteiger partial charge in [0.25, 0.3) is 0 Å². The molecule has 2 aliphatic carbocycles. The topological polar surface area (TPSA) is 57.9 Å². The maximum absolute atomic E-state index is 12.2. The summed E-state index contributed by atoms with van der Waals surface area (Å²) in [5.41, 5.74) is 0. The van der Waals surface area contributed by atoms with Crippen LogP contribution in [0.5, 0.6) is 0 Å². The van der Waals surface area contributed by atoms with Crippen molar-refractivity contribution in [2.24, 2.45) is 11.8 Å². The van der Waals surface area contributed by atoms with Gasteiger partial charge in [-0.25, -0.2) is 8.42 Å². The lowest BCUT2D eigenvalue weighted by Gasteiger charge is -2.40. The third kappa shape index (κ3) is 2.71. The van der Waals surface area contributed by atoms with E-state index in [2.05, 4.69) is 0 Å². The lowest BCUT2D eigenvalue weighted by molar-refractivity contribution is 0.174. The van der Waals surface area contributed by atoms with E-state index in [9.17, 15) is 8.42 Å². The van der Waals surface area contributed by atoms with Crippen LogP contribution in [0, 0.1) is 23.2 Å². The SMILES string of the molecule is N#C/C=C/S(=O)(=O)C1CCCC2CCCCC21. The summed E-state index contributed by atoms with van der Waals surface area (Å²) in [4.78, 5) is 0. The lowest BCUT2D eigenvalue weighted by Crippen LogP contribution is -2.39. The molecule has 0 spiro atoms. The van der Waals surface area contributed by atoms with Crippen LogP contribution < -0.4 is 0 Å². The van der Waals surface area contributed by atoms with Crippen LogP contribution in [0.25, 0.3) is 0 Å². The zero-order valence-corrected chi connectivity index (χ0v) is 10.8. The Morgan fingerprint density at radius 1 is 1.06 bits per heavy atom. The fourth-order valence-electron chi connectivity index (χ4n) is 3.51. The molecule has 0 heterocycles. The fourth-order valence-corrected chi connectivity index (χ4v) is 5.31. The molecule has 0 radical (unpaired) electrons. The van der Waals surface area contributed by atoms with Gasteiger partial charge in [-0.2, -0.15) is 5.26 Å². The number of hydrogen-bond donors (Lipinski definition) is 0. The second-order valence-electron chi connectivity index (χ2n) is 5.20. The van der Waals surface area contributed by atoms with Crippen molar-refractivity contribution in [1.82, 2.24) is 0 Å². The van der Waals surface area contributed by atoms with Crippen LogP contribution in [0.4, 0.5) is 0 Å². The number of rotatable bonds is 2. The first-order valence-corrected chi connectivity index (χ1v) is 8.06. The Kier molecular flexibility index (Phi) is 3.88. The fraction of sp³-hybridized carbons (Fsp3) is 0.769. The highest BCUT2D eigenvalue weighted by atomic mass is 32.2. The largest absolute Gasteiger partial charge is 0.224 e. The molecule has 0 aliphatic heterocycles. The second-order valence-corrected chi connectivity index (χ2v) is 7.25. The summed E-state index contributed by atoms with van der Waals surface area (Å²) < 4.78 is 24.3. The van der Waals surface area contributed by atoms with Gasteiger partial charge in [-0.3, -0.25) is 0 Å². The number of allylic oxidation sites excluding steroid dienone is 1. The third-order valence-electron chi connectivity index (χ3n) is 4.26. The first kappa shape index (κ1) is 12.6. The van der Waals surface area contributed by atoms with Gasteiger partial charge in [-0.1, -0.05) is 32.1 Å². The molecule has 0 amide bonds. The van der Waals surface area contributed by atoms with Crippen molar-refractivity contribution >= 4 is 9.84 Å². The molecule has 0 bridgehead atoms. The van der Waals surface area contributed by atoms with Gasteiger partial charge in [0.2, 0.25) is 0 Å². The third-order valence-corrected chi connectivity index (χ3v) is 6.21. The molecule has 3 nitrogen and oxygen atoms in total. The summed E-state index contributed by atoms with van der Waals surface area (Å²) in [5, 5.41) is 9.35. The predicted molar refractivity (Wildman–Crippen MR) is 66.8 cm³/mol. The number of sulfone groups is 1. The molecule has 3 unspecified atom stereocenters. The molecule has 2 fully saturated rings. The molecule has 0 aromatic carbocycles.